The minimum Gasteiger partial charge on any atom is -0.336 e. The molecule has 33 heavy (non-hydrogen) atoms. The monoisotopic (exact) mass is 460 g/mol. The molecular formula is C23H23F3N4O3. The number of halogens is 3. The molecule has 0 bridgehead atoms. The van der Waals surface area contributed by atoms with Crippen LogP contribution < -0.4 is 11.1 Å². The molecule has 1 saturated heterocycles. The second-order valence-electron chi connectivity index (χ2n) is 8.00. The topological polar surface area (TPSA) is 78.4 Å². The zero-order chi connectivity index (χ0) is 23.8. The number of aromatic nitrogens is 2. The fraction of sp³-hybridized carbons (Fsp3) is 0.348. The molecule has 0 spiro atoms. The smallest absolute Gasteiger partial charge is 0.336 e. The molecule has 1 aliphatic heterocycles. The number of benzene rings is 2. The Morgan fingerprint density at radius 2 is 1.67 bits per heavy atom. The summed E-state index contributed by atoms with van der Waals surface area (Å²) in [6.45, 7) is 4.74. The van der Waals surface area contributed by atoms with Crippen LogP contribution in [0.3, 0.4) is 0 Å². The molecule has 1 aromatic heterocycles. The fourth-order valence-electron chi connectivity index (χ4n) is 4.08. The number of aromatic amines is 1. The highest BCUT2D eigenvalue weighted by atomic mass is 19.4. The Morgan fingerprint density at radius 1 is 1.00 bits per heavy atom. The molecule has 0 saturated carbocycles. The van der Waals surface area contributed by atoms with Gasteiger partial charge in [-0.3, -0.25) is 19.3 Å². The Morgan fingerprint density at radius 3 is 2.27 bits per heavy atom. The summed E-state index contributed by atoms with van der Waals surface area (Å²) in [4.78, 5) is 43.2. The van der Waals surface area contributed by atoms with E-state index in [0.717, 1.165) is 17.7 Å². The van der Waals surface area contributed by atoms with Gasteiger partial charge in [0.2, 0.25) is 0 Å². The highest BCUT2D eigenvalue weighted by Crippen LogP contribution is 2.29. The first kappa shape index (κ1) is 22.8. The summed E-state index contributed by atoms with van der Waals surface area (Å²) in [7, 11) is 0. The lowest BCUT2D eigenvalue weighted by Gasteiger charge is -2.34. The molecule has 2 aromatic carbocycles. The maximum atomic E-state index is 13.0. The summed E-state index contributed by atoms with van der Waals surface area (Å²) < 4.78 is 39.5. The largest absolute Gasteiger partial charge is 0.416 e. The second-order valence-corrected chi connectivity index (χ2v) is 8.00. The SMILES string of the molecule is CCn1c(=O)c(=O)[nH]c2cc(C(=O)N3CCN(Cc4ccc(C(F)(F)F)cc4)CC3)ccc21. The zero-order valence-corrected chi connectivity index (χ0v) is 18.0. The molecule has 3 aromatic rings. The predicted molar refractivity (Wildman–Crippen MR) is 117 cm³/mol. The molecule has 7 nitrogen and oxygen atoms in total. The van der Waals surface area contributed by atoms with Crippen LogP contribution >= 0.6 is 0 Å². The van der Waals surface area contributed by atoms with Gasteiger partial charge in [0.1, 0.15) is 0 Å². The van der Waals surface area contributed by atoms with Crippen LogP contribution in [0.15, 0.2) is 52.1 Å². The number of carbonyl (C=O) groups is 1. The first-order valence-corrected chi connectivity index (χ1v) is 10.6. The quantitative estimate of drug-likeness (QED) is 0.608. The lowest BCUT2D eigenvalue weighted by atomic mass is 10.1. The van der Waals surface area contributed by atoms with E-state index in [-0.39, 0.29) is 5.91 Å². The van der Waals surface area contributed by atoms with Crippen LogP contribution in [0.1, 0.15) is 28.4 Å². The molecule has 0 aliphatic carbocycles. The van der Waals surface area contributed by atoms with Crippen molar-refractivity contribution < 1.29 is 18.0 Å². The van der Waals surface area contributed by atoms with Gasteiger partial charge < -0.3 is 14.5 Å². The van der Waals surface area contributed by atoms with Crippen LogP contribution in [0.4, 0.5) is 13.2 Å². The van der Waals surface area contributed by atoms with E-state index in [1.807, 2.05) is 0 Å². The summed E-state index contributed by atoms with van der Waals surface area (Å²) >= 11 is 0. The van der Waals surface area contributed by atoms with Crippen LogP contribution in [0.5, 0.6) is 0 Å². The Hall–Kier alpha value is -3.40. The van der Waals surface area contributed by atoms with Crippen molar-refractivity contribution in [2.24, 2.45) is 0 Å². The molecule has 2 heterocycles. The van der Waals surface area contributed by atoms with Gasteiger partial charge in [0.05, 0.1) is 16.6 Å². The van der Waals surface area contributed by atoms with E-state index in [0.29, 0.717) is 55.9 Å². The molecular weight excluding hydrogens is 437 g/mol. The zero-order valence-electron chi connectivity index (χ0n) is 18.0. The van der Waals surface area contributed by atoms with Gasteiger partial charge in [-0.15, -0.1) is 0 Å². The first-order valence-electron chi connectivity index (χ1n) is 10.6. The van der Waals surface area contributed by atoms with E-state index in [9.17, 15) is 27.6 Å². The lowest BCUT2D eigenvalue weighted by Crippen LogP contribution is -2.48. The number of piperazine rings is 1. The van der Waals surface area contributed by atoms with Gasteiger partial charge in [-0.2, -0.15) is 13.2 Å². The second kappa shape index (κ2) is 8.86. The van der Waals surface area contributed by atoms with Crippen molar-refractivity contribution in [3.05, 3.63) is 79.9 Å². The van der Waals surface area contributed by atoms with E-state index in [1.165, 1.54) is 16.7 Å². The Labute approximate surface area is 187 Å². The standard InChI is InChI=1S/C23H23F3N4O3/c1-2-30-19-8-5-16(13-18(19)27-20(31)22(30)33)21(32)29-11-9-28(10-12-29)14-15-3-6-17(7-4-15)23(24,25)26/h3-8,13H,2,9-12,14H2,1H3,(H,27,31). The van der Waals surface area contributed by atoms with Crippen molar-refractivity contribution in [1.82, 2.24) is 19.4 Å². The third-order valence-electron chi connectivity index (χ3n) is 5.89. The molecule has 1 aliphatic rings. The van der Waals surface area contributed by atoms with Crippen LogP contribution in [0.2, 0.25) is 0 Å². The molecule has 4 rings (SSSR count). The van der Waals surface area contributed by atoms with Crippen molar-refractivity contribution in [2.75, 3.05) is 26.2 Å². The highest BCUT2D eigenvalue weighted by Gasteiger charge is 2.30. The van der Waals surface area contributed by atoms with E-state index in [2.05, 4.69) is 9.88 Å². The third-order valence-corrected chi connectivity index (χ3v) is 5.89. The summed E-state index contributed by atoms with van der Waals surface area (Å²) in [5, 5.41) is 0. The van der Waals surface area contributed by atoms with Crippen molar-refractivity contribution >= 4 is 16.9 Å². The van der Waals surface area contributed by atoms with E-state index in [1.54, 1.807) is 30.0 Å². The summed E-state index contributed by atoms with van der Waals surface area (Å²) in [5.74, 6) is -0.179. The normalized spacial score (nSPS) is 15.2. The molecule has 1 fully saturated rings. The molecule has 1 N–H and O–H groups in total. The summed E-state index contributed by atoms with van der Waals surface area (Å²) in [5.41, 5.74) is 0.139. The summed E-state index contributed by atoms with van der Waals surface area (Å²) in [6.07, 6.45) is -4.35. The van der Waals surface area contributed by atoms with Crippen LogP contribution in [-0.4, -0.2) is 51.4 Å². The number of hydrogen-bond acceptors (Lipinski definition) is 4. The van der Waals surface area contributed by atoms with E-state index >= 15 is 0 Å². The van der Waals surface area contributed by atoms with Gasteiger partial charge in [0.25, 0.3) is 5.91 Å². The number of alkyl halides is 3. The van der Waals surface area contributed by atoms with Gasteiger partial charge in [-0.1, -0.05) is 12.1 Å². The number of fused-ring (bicyclic) bond motifs is 1. The van der Waals surface area contributed by atoms with Crippen molar-refractivity contribution in [1.29, 1.82) is 0 Å². The highest BCUT2D eigenvalue weighted by molar-refractivity contribution is 5.97. The average Bonchev–Trinajstić information content (AvgIpc) is 2.79. The Bertz CT molecular complexity index is 1290. The van der Waals surface area contributed by atoms with Gasteiger partial charge in [-0.05, 0) is 42.8 Å². The number of hydrogen-bond donors (Lipinski definition) is 1. The maximum Gasteiger partial charge on any atom is 0.416 e. The summed E-state index contributed by atoms with van der Waals surface area (Å²) in [6, 6.07) is 10.00. The van der Waals surface area contributed by atoms with Crippen molar-refractivity contribution in [3.63, 3.8) is 0 Å². The first-order chi connectivity index (χ1) is 15.7. The van der Waals surface area contributed by atoms with Crippen LogP contribution in [0, 0.1) is 0 Å². The minimum atomic E-state index is -4.35. The fourth-order valence-corrected chi connectivity index (χ4v) is 4.08. The average molecular weight is 460 g/mol. The Kier molecular flexibility index (Phi) is 6.11. The minimum absolute atomic E-state index is 0.179. The van der Waals surface area contributed by atoms with Crippen molar-refractivity contribution in [3.8, 4) is 0 Å². The van der Waals surface area contributed by atoms with Crippen LogP contribution in [0.25, 0.3) is 11.0 Å². The molecule has 0 radical (unpaired) electrons. The van der Waals surface area contributed by atoms with Crippen LogP contribution in [-0.2, 0) is 19.3 Å². The number of rotatable bonds is 4. The van der Waals surface area contributed by atoms with Gasteiger partial charge in [-0.25, -0.2) is 0 Å². The molecule has 0 atom stereocenters. The van der Waals surface area contributed by atoms with E-state index in [4.69, 9.17) is 0 Å². The molecule has 174 valence electrons. The molecule has 1 amide bonds. The number of H-pyrrole nitrogens is 1. The lowest BCUT2D eigenvalue weighted by molar-refractivity contribution is -0.137. The number of amides is 1. The number of nitrogens with zero attached hydrogens (tertiary/aromatic N) is 3. The van der Waals surface area contributed by atoms with Gasteiger partial charge >= 0.3 is 17.3 Å². The number of aryl methyl sites for hydroxylation is 1. The molecule has 10 heteroatoms. The number of nitrogens with one attached hydrogen (secondary N) is 1. The number of carbonyl (C=O) groups excluding carboxylic acids is 1. The molecule has 0 unspecified atom stereocenters. The van der Waals surface area contributed by atoms with Crippen molar-refractivity contribution in [2.45, 2.75) is 26.2 Å². The maximum absolute atomic E-state index is 13.0. The third kappa shape index (κ3) is 4.70. The Balaban J connectivity index is 1.42. The van der Waals surface area contributed by atoms with Gasteiger partial charge in [0, 0.05) is 44.8 Å². The van der Waals surface area contributed by atoms with E-state index < -0.39 is 22.9 Å². The van der Waals surface area contributed by atoms with Gasteiger partial charge in [0.15, 0.2) is 0 Å². The predicted octanol–water partition coefficient (Wildman–Crippen LogP) is 2.69.